The molecule has 4 nitrogen and oxygen atoms in total. The summed E-state index contributed by atoms with van der Waals surface area (Å²) >= 11 is 0. The Morgan fingerprint density at radius 2 is 1.81 bits per heavy atom. The minimum Gasteiger partial charge on any atom is -0.342 e. The van der Waals surface area contributed by atoms with Gasteiger partial charge in [-0.05, 0) is 39.3 Å². The van der Waals surface area contributed by atoms with Crippen molar-refractivity contribution in [3.63, 3.8) is 0 Å². The highest BCUT2D eigenvalue weighted by Crippen LogP contribution is 2.11. The summed E-state index contributed by atoms with van der Waals surface area (Å²) in [7, 11) is 0. The molecule has 2 N–H and O–H groups in total. The second kappa shape index (κ2) is 9.53. The van der Waals surface area contributed by atoms with E-state index < -0.39 is 0 Å². The van der Waals surface area contributed by atoms with E-state index in [1.807, 2.05) is 43.9 Å². The highest BCUT2D eigenvalue weighted by molar-refractivity contribution is 5.81. The smallest absolute Gasteiger partial charge is 0.239 e. The summed E-state index contributed by atoms with van der Waals surface area (Å²) in [5.41, 5.74) is 6.87. The number of likely N-dealkylation sites (N-methyl/N-ethyl adjacent to an activating group) is 1. The van der Waals surface area contributed by atoms with Crippen molar-refractivity contribution in [1.82, 2.24) is 9.80 Å². The quantitative estimate of drug-likeness (QED) is 0.758. The van der Waals surface area contributed by atoms with Crippen LogP contribution in [0.2, 0.25) is 0 Å². The molecule has 4 heteroatoms. The summed E-state index contributed by atoms with van der Waals surface area (Å²) in [6.45, 7) is 9.85. The first-order valence-corrected chi connectivity index (χ1v) is 7.90. The zero-order valence-electron chi connectivity index (χ0n) is 13.6. The van der Waals surface area contributed by atoms with E-state index in [1.54, 1.807) is 0 Å². The van der Waals surface area contributed by atoms with Crippen LogP contribution < -0.4 is 5.73 Å². The Morgan fingerprint density at radius 1 is 1.19 bits per heavy atom. The number of nitrogens with two attached hydrogens (primary N) is 1. The van der Waals surface area contributed by atoms with Gasteiger partial charge in [0.05, 0.1) is 6.04 Å². The van der Waals surface area contributed by atoms with Gasteiger partial charge in [-0.1, -0.05) is 30.3 Å². The predicted molar refractivity (Wildman–Crippen MR) is 87.9 cm³/mol. The van der Waals surface area contributed by atoms with Crippen molar-refractivity contribution >= 4 is 5.91 Å². The van der Waals surface area contributed by atoms with E-state index in [-0.39, 0.29) is 11.9 Å². The van der Waals surface area contributed by atoms with Crippen LogP contribution in [0.1, 0.15) is 32.8 Å². The number of nitrogens with zero attached hydrogens (tertiary/aromatic N) is 2. The van der Waals surface area contributed by atoms with Crippen LogP contribution in [-0.4, -0.2) is 47.9 Å². The van der Waals surface area contributed by atoms with E-state index in [9.17, 15) is 4.79 Å². The number of benzene rings is 1. The Bertz CT molecular complexity index is 404. The van der Waals surface area contributed by atoms with Crippen molar-refractivity contribution in [3.05, 3.63) is 35.9 Å². The third-order valence-corrected chi connectivity index (χ3v) is 3.86. The third-order valence-electron chi connectivity index (χ3n) is 3.86. The van der Waals surface area contributed by atoms with Gasteiger partial charge in [-0.3, -0.25) is 9.69 Å². The molecule has 1 rings (SSSR count). The maximum Gasteiger partial charge on any atom is 0.239 e. The predicted octanol–water partition coefficient (Wildman–Crippen LogP) is 2.09. The molecule has 1 amide bonds. The molecule has 0 bridgehead atoms. The van der Waals surface area contributed by atoms with E-state index in [0.29, 0.717) is 6.54 Å². The van der Waals surface area contributed by atoms with Crippen LogP contribution in [0.25, 0.3) is 0 Å². The van der Waals surface area contributed by atoms with Crippen molar-refractivity contribution in [1.29, 1.82) is 0 Å². The first-order chi connectivity index (χ1) is 10.1. The van der Waals surface area contributed by atoms with E-state index in [0.717, 1.165) is 32.6 Å². The first-order valence-electron chi connectivity index (χ1n) is 7.90. The minimum absolute atomic E-state index is 0.114. The summed E-state index contributed by atoms with van der Waals surface area (Å²) in [6, 6.07) is 10.2. The minimum atomic E-state index is -0.114. The third kappa shape index (κ3) is 5.48. The number of hydrogen-bond acceptors (Lipinski definition) is 3. The molecule has 1 aromatic rings. The second-order valence-electron chi connectivity index (χ2n) is 5.28. The van der Waals surface area contributed by atoms with Gasteiger partial charge in [-0.25, -0.2) is 0 Å². The summed E-state index contributed by atoms with van der Waals surface area (Å²) < 4.78 is 0. The van der Waals surface area contributed by atoms with Gasteiger partial charge in [0.2, 0.25) is 5.91 Å². The lowest BCUT2D eigenvalue weighted by atomic mass is 10.1. The van der Waals surface area contributed by atoms with E-state index in [4.69, 9.17) is 5.73 Å². The van der Waals surface area contributed by atoms with Crippen molar-refractivity contribution in [2.45, 2.75) is 39.8 Å². The fourth-order valence-electron chi connectivity index (χ4n) is 2.48. The monoisotopic (exact) mass is 291 g/mol. The summed E-state index contributed by atoms with van der Waals surface area (Å²) in [5, 5.41) is 0. The lowest BCUT2D eigenvalue weighted by Gasteiger charge is -2.32. The van der Waals surface area contributed by atoms with Gasteiger partial charge in [-0.15, -0.1) is 0 Å². The Labute approximate surface area is 128 Å². The van der Waals surface area contributed by atoms with Crippen LogP contribution in [0.3, 0.4) is 0 Å². The Kier molecular flexibility index (Phi) is 8.01. The summed E-state index contributed by atoms with van der Waals surface area (Å²) in [4.78, 5) is 16.7. The molecule has 0 spiro atoms. The fourth-order valence-corrected chi connectivity index (χ4v) is 2.48. The summed E-state index contributed by atoms with van der Waals surface area (Å²) in [5.74, 6) is 0.202. The van der Waals surface area contributed by atoms with Gasteiger partial charge in [-0.2, -0.15) is 0 Å². The molecule has 1 unspecified atom stereocenters. The summed E-state index contributed by atoms with van der Waals surface area (Å²) in [6.07, 6.45) is 0.905. The maximum absolute atomic E-state index is 12.6. The van der Waals surface area contributed by atoms with Crippen LogP contribution in [0, 0.1) is 0 Å². The normalized spacial score (nSPS) is 12.4. The molecule has 0 saturated heterocycles. The van der Waals surface area contributed by atoms with Gasteiger partial charge in [0, 0.05) is 26.2 Å². The van der Waals surface area contributed by atoms with Crippen LogP contribution in [0.5, 0.6) is 0 Å². The molecule has 1 aromatic carbocycles. The molecule has 0 aliphatic carbocycles. The van der Waals surface area contributed by atoms with Crippen molar-refractivity contribution in [3.8, 4) is 0 Å². The SMILES string of the molecule is CCN(CC)C(=O)C(C)N(CCCN)Cc1ccccc1. The number of hydrogen-bond donors (Lipinski definition) is 1. The Morgan fingerprint density at radius 3 is 2.33 bits per heavy atom. The Balaban J connectivity index is 2.78. The molecule has 0 heterocycles. The van der Waals surface area contributed by atoms with Crippen molar-refractivity contribution in [2.75, 3.05) is 26.2 Å². The lowest BCUT2D eigenvalue weighted by molar-refractivity contribution is -0.136. The molecular weight excluding hydrogens is 262 g/mol. The average Bonchev–Trinajstić information content (AvgIpc) is 2.52. The van der Waals surface area contributed by atoms with Gasteiger partial charge >= 0.3 is 0 Å². The first kappa shape index (κ1) is 17.7. The lowest BCUT2D eigenvalue weighted by Crippen LogP contribution is -2.47. The molecule has 0 aliphatic heterocycles. The molecule has 0 aromatic heterocycles. The van der Waals surface area contributed by atoms with E-state index in [1.165, 1.54) is 5.56 Å². The Hall–Kier alpha value is -1.39. The molecule has 1 atom stereocenters. The molecule has 0 radical (unpaired) electrons. The van der Waals surface area contributed by atoms with Gasteiger partial charge in [0.25, 0.3) is 0 Å². The van der Waals surface area contributed by atoms with Gasteiger partial charge in [0.1, 0.15) is 0 Å². The van der Waals surface area contributed by atoms with E-state index in [2.05, 4.69) is 17.0 Å². The number of amides is 1. The fraction of sp³-hybridized carbons (Fsp3) is 0.588. The molecule has 0 aliphatic rings. The van der Waals surface area contributed by atoms with Crippen molar-refractivity contribution in [2.24, 2.45) is 5.73 Å². The number of rotatable bonds is 9. The van der Waals surface area contributed by atoms with Crippen LogP contribution in [0.4, 0.5) is 0 Å². The van der Waals surface area contributed by atoms with E-state index >= 15 is 0 Å². The van der Waals surface area contributed by atoms with Crippen LogP contribution in [0.15, 0.2) is 30.3 Å². The van der Waals surface area contributed by atoms with Gasteiger partial charge in [0.15, 0.2) is 0 Å². The second-order valence-corrected chi connectivity index (χ2v) is 5.28. The molecular formula is C17H29N3O. The zero-order valence-corrected chi connectivity index (χ0v) is 13.6. The largest absolute Gasteiger partial charge is 0.342 e. The molecule has 118 valence electrons. The highest BCUT2D eigenvalue weighted by Gasteiger charge is 2.24. The topological polar surface area (TPSA) is 49.6 Å². The molecule has 0 fully saturated rings. The van der Waals surface area contributed by atoms with Crippen LogP contribution in [-0.2, 0) is 11.3 Å². The average molecular weight is 291 g/mol. The number of carbonyl (C=O) groups excluding carboxylic acids is 1. The molecule has 21 heavy (non-hydrogen) atoms. The zero-order chi connectivity index (χ0) is 15.7. The molecule has 0 saturated carbocycles. The van der Waals surface area contributed by atoms with Crippen LogP contribution >= 0.6 is 0 Å². The number of carbonyl (C=O) groups is 1. The maximum atomic E-state index is 12.6. The highest BCUT2D eigenvalue weighted by atomic mass is 16.2. The standard InChI is InChI=1S/C17H29N3O/c1-4-19(5-2)17(21)15(3)20(13-9-12-18)14-16-10-7-6-8-11-16/h6-8,10-11,15H,4-5,9,12-14,18H2,1-3H3. The van der Waals surface area contributed by atoms with Gasteiger partial charge < -0.3 is 10.6 Å². The van der Waals surface area contributed by atoms with Crippen molar-refractivity contribution < 1.29 is 4.79 Å².